The fraction of sp³-hybridized carbons (Fsp3) is 0.667. The molecule has 1 fully saturated rings. The summed E-state index contributed by atoms with van der Waals surface area (Å²) in [5.41, 5.74) is 2.40. The van der Waals surface area contributed by atoms with E-state index in [4.69, 9.17) is 0 Å². The molecular weight excluding hydrogens is 298 g/mol. The standard InChI is InChI=1S/C21H31NS/c1-2-3-4-5-6-7-8-18-9-11-19(12-10-18)20-13-15-21(16-14-20)22-17-23/h13-16,18-19H,2-12H2,1H3. The Morgan fingerprint density at radius 1 is 0.957 bits per heavy atom. The van der Waals surface area contributed by atoms with Crippen molar-refractivity contribution in [2.75, 3.05) is 0 Å². The second-order valence-corrected chi connectivity index (χ2v) is 7.25. The number of isothiocyanates is 1. The Morgan fingerprint density at radius 3 is 2.26 bits per heavy atom. The summed E-state index contributed by atoms with van der Waals surface area (Å²) in [5.74, 6) is 1.73. The Bertz CT molecular complexity index is 479. The molecule has 0 saturated heterocycles. The molecular formula is C21H31NS. The lowest BCUT2D eigenvalue weighted by Gasteiger charge is -2.29. The molecule has 0 aliphatic heterocycles. The molecule has 0 heterocycles. The third-order valence-electron chi connectivity index (χ3n) is 5.35. The highest BCUT2D eigenvalue weighted by molar-refractivity contribution is 7.78. The van der Waals surface area contributed by atoms with Crippen molar-refractivity contribution >= 4 is 23.1 Å². The van der Waals surface area contributed by atoms with Gasteiger partial charge in [-0.2, -0.15) is 4.99 Å². The lowest BCUT2D eigenvalue weighted by Crippen LogP contribution is -2.13. The van der Waals surface area contributed by atoms with Crippen LogP contribution in [0.3, 0.4) is 0 Å². The third-order valence-corrected chi connectivity index (χ3v) is 5.44. The normalized spacial score (nSPS) is 20.9. The molecule has 23 heavy (non-hydrogen) atoms. The maximum Gasteiger partial charge on any atom is 0.0739 e. The molecule has 1 nitrogen and oxygen atoms in total. The van der Waals surface area contributed by atoms with E-state index in [1.165, 1.54) is 76.2 Å². The van der Waals surface area contributed by atoms with E-state index in [9.17, 15) is 0 Å². The molecule has 1 aromatic carbocycles. The summed E-state index contributed by atoms with van der Waals surface area (Å²) in [5, 5.41) is 2.43. The summed E-state index contributed by atoms with van der Waals surface area (Å²) in [4.78, 5) is 4.03. The van der Waals surface area contributed by atoms with Gasteiger partial charge in [-0.25, -0.2) is 0 Å². The molecule has 0 aromatic heterocycles. The molecule has 1 aliphatic rings. The van der Waals surface area contributed by atoms with Crippen LogP contribution in [0.4, 0.5) is 5.69 Å². The minimum absolute atomic E-state index is 0.751. The van der Waals surface area contributed by atoms with Crippen molar-refractivity contribution in [1.82, 2.24) is 0 Å². The fourth-order valence-electron chi connectivity index (χ4n) is 3.87. The van der Waals surface area contributed by atoms with Crippen LogP contribution in [-0.4, -0.2) is 5.16 Å². The van der Waals surface area contributed by atoms with Gasteiger partial charge in [0.25, 0.3) is 0 Å². The minimum Gasteiger partial charge on any atom is -0.195 e. The van der Waals surface area contributed by atoms with Gasteiger partial charge in [0.1, 0.15) is 0 Å². The van der Waals surface area contributed by atoms with Crippen LogP contribution in [0.25, 0.3) is 0 Å². The second-order valence-electron chi connectivity index (χ2n) is 7.07. The van der Waals surface area contributed by atoms with Crippen LogP contribution in [0.5, 0.6) is 0 Å². The van der Waals surface area contributed by atoms with E-state index in [-0.39, 0.29) is 0 Å². The quantitative estimate of drug-likeness (QED) is 0.260. The molecule has 0 amide bonds. The Kier molecular flexibility index (Phi) is 8.57. The SMILES string of the molecule is CCCCCCCCC1CCC(c2ccc(N=C=S)cc2)CC1. The fourth-order valence-corrected chi connectivity index (χ4v) is 3.98. The summed E-state index contributed by atoms with van der Waals surface area (Å²) >= 11 is 4.65. The molecule has 2 rings (SSSR count). The first kappa shape index (κ1) is 18.4. The Hall–Kier alpha value is -0.980. The number of benzene rings is 1. The van der Waals surface area contributed by atoms with Gasteiger partial charge in [0.15, 0.2) is 0 Å². The van der Waals surface area contributed by atoms with Gasteiger partial charge in [0.05, 0.1) is 10.8 Å². The molecule has 0 bridgehead atoms. The summed E-state index contributed by atoms with van der Waals surface area (Å²) in [7, 11) is 0. The monoisotopic (exact) mass is 329 g/mol. The molecule has 2 heteroatoms. The van der Waals surface area contributed by atoms with Gasteiger partial charge in [-0.3, -0.25) is 0 Å². The molecule has 0 atom stereocenters. The molecule has 1 aliphatic carbocycles. The maximum atomic E-state index is 4.65. The molecule has 1 saturated carbocycles. The number of unbranched alkanes of at least 4 members (excludes halogenated alkanes) is 5. The third kappa shape index (κ3) is 6.57. The van der Waals surface area contributed by atoms with Gasteiger partial charge in [-0.15, -0.1) is 0 Å². The Labute approximate surface area is 147 Å². The highest BCUT2D eigenvalue weighted by Gasteiger charge is 2.21. The first-order chi connectivity index (χ1) is 11.3. The van der Waals surface area contributed by atoms with Gasteiger partial charge >= 0.3 is 0 Å². The van der Waals surface area contributed by atoms with Gasteiger partial charge in [0, 0.05) is 0 Å². The van der Waals surface area contributed by atoms with Crippen molar-refractivity contribution in [3.05, 3.63) is 29.8 Å². The van der Waals surface area contributed by atoms with Gasteiger partial charge in [-0.1, -0.05) is 64.0 Å². The highest BCUT2D eigenvalue weighted by Crippen LogP contribution is 2.38. The van der Waals surface area contributed by atoms with Crippen molar-refractivity contribution in [2.45, 2.75) is 83.5 Å². The van der Waals surface area contributed by atoms with E-state index >= 15 is 0 Å². The number of thiocarbonyl (C=S) groups is 1. The largest absolute Gasteiger partial charge is 0.195 e. The molecule has 0 N–H and O–H groups in total. The van der Waals surface area contributed by atoms with Crippen LogP contribution in [0.1, 0.15) is 89.0 Å². The van der Waals surface area contributed by atoms with Gasteiger partial charge < -0.3 is 0 Å². The summed E-state index contributed by atoms with van der Waals surface area (Å²) in [6.07, 6.45) is 15.5. The maximum absolute atomic E-state index is 4.65. The highest BCUT2D eigenvalue weighted by atomic mass is 32.1. The van der Waals surface area contributed by atoms with Crippen molar-refractivity contribution in [2.24, 2.45) is 10.9 Å². The lowest BCUT2D eigenvalue weighted by atomic mass is 9.77. The van der Waals surface area contributed by atoms with Gasteiger partial charge in [-0.05, 0) is 67.4 Å². The van der Waals surface area contributed by atoms with Crippen molar-refractivity contribution in [1.29, 1.82) is 0 Å². The molecule has 126 valence electrons. The van der Waals surface area contributed by atoms with Gasteiger partial charge in [0.2, 0.25) is 0 Å². The Morgan fingerprint density at radius 2 is 1.61 bits per heavy atom. The number of hydrogen-bond acceptors (Lipinski definition) is 2. The predicted molar refractivity (Wildman–Crippen MR) is 104 cm³/mol. The van der Waals surface area contributed by atoms with E-state index in [0.29, 0.717) is 0 Å². The lowest BCUT2D eigenvalue weighted by molar-refractivity contribution is 0.302. The van der Waals surface area contributed by atoms with Crippen LogP contribution >= 0.6 is 12.2 Å². The van der Waals surface area contributed by atoms with E-state index in [0.717, 1.165) is 17.5 Å². The average Bonchev–Trinajstić information content (AvgIpc) is 2.60. The second kappa shape index (κ2) is 10.7. The molecule has 0 unspecified atom stereocenters. The number of nitrogens with zero attached hydrogens (tertiary/aromatic N) is 1. The number of aliphatic imine (C=N–C) groups is 1. The van der Waals surface area contributed by atoms with E-state index < -0.39 is 0 Å². The van der Waals surface area contributed by atoms with Crippen LogP contribution in [0.15, 0.2) is 29.3 Å². The molecule has 0 radical (unpaired) electrons. The zero-order valence-corrected chi connectivity index (χ0v) is 15.4. The number of hydrogen-bond donors (Lipinski definition) is 0. The minimum atomic E-state index is 0.751. The molecule has 1 aromatic rings. The van der Waals surface area contributed by atoms with Crippen LogP contribution in [0.2, 0.25) is 0 Å². The van der Waals surface area contributed by atoms with Crippen LogP contribution in [0, 0.1) is 5.92 Å². The van der Waals surface area contributed by atoms with E-state index in [1.54, 1.807) is 0 Å². The summed E-state index contributed by atoms with van der Waals surface area (Å²) < 4.78 is 0. The average molecular weight is 330 g/mol. The summed E-state index contributed by atoms with van der Waals surface area (Å²) in [6, 6.07) is 8.59. The van der Waals surface area contributed by atoms with Crippen LogP contribution in [-0.2, 0) is 0 Å². The summed E-state index contributed by atoms with van der Waals surface area (Å²) in [6.45, 7) is 2.29. The first-order valence-corrected chi connectivity index (χ1v) is 9.92. The Balaban J connectivity index is 1.66. The van der Waals surface area contributed by atoms with Crippen molar-refractivity contribution < 1.29 is 0 Å². The van der Waals surface area contributed by atoms with Crippen molar-refractivity contribution in [3.63, 3.8) is 0 Å². The van der Waals surface area contributed by atoms with Crippen LogP contribution < -0.4 is 0 Å². The molecule has 0 spiro atoms. The zero-order chi connectivity index (χ0) is 16.3. The van der Waals surface area contributed by atoms with E-state index in [2.05, 4.69) is 53.6 Å². The smallest absolute Gasteiger partial charge is 0.0739 e. The number of rotatable bonds is 9. The topological polar surface area (TPSA) is 12.4 Å². The zero-order valence-electron chi connectivity index (χ0n) is 14.6. The first-order valence-electron chi connectivity index (χ1n) is 9.51. The van der Waals surface area contributed by atoms with Crippen molar-refractivity contribution in [3.8, 4) is 0 Å². The van der Waals surface area contributed by atoms with E-state index in [1.807, 2.05) is 0 Å². The predicted octanol–water partition coefficient (Wildman–Crippen LogP) is 7.45.